The maximum atomic E-state index is 12.4. The highest BCUT2D eigenvalue weighted by molar-refractivity contribution is 6.10. The summed E-state index contributed by atoms with van der Waals surface area (Å²) in [7, 11) is 0. The minimum Gasteiger partial charge on any atom is -0.357 e. The minimum atomic E-state index is -0.0398. The van der Waals surface area contributed by atoms with Gasteiger partial charge in [-0.05, 0) is 24.8 Å². The number of hydrogen-bond donors (Lipinski definition) is 1. The second-order valence-electron chi connectivity index (χ2n) is 5.78. The lowest BCUT2D eigenvalue weighted by molar-refractivity contribution is -0.119. The summed E-state index contributed by atoms with van der Waals surface area (Å²) in [5, 5.41) is 4.17. The third-order valence-electron chi connectivity index (χ3n) is 4.49. The zero-order valence-electron chi connectivity index (χ0n) is 11.5. The molecule has 2 atom stereocenters. The molecule has 1 fully saturated rings. The Balaban J connectivity index is 1.97. The van der Waals surface area contributed by atoms with E-state index in [0.717, 1.165) is 41.7 Å². The lowest BCUT2D eigenvalue weighted by Gasteiger charge is -2.44. The maximum absolute atomic E-state index is 12.4. The Morgan fingerprint density at radius 3 is 3.10 bits per heavy atom. The van der Waals surface area contributed by atoms with Crippen molar-refractivity contribution in [2.75, 3.05) is 16.8 Å². The van der Waals surface area contributed by atoms with Crippen LogP contribution in [-0.2, 0) is 4.79 Å². The van der Waals surface area contributed by atoms with Crippen LogP contribution in [0.1, 0.15) is 19.8 Å². The SMILES string of the molecule is CC1CCCN2c3c(cnc4ccccc34)NC(=O)C12. The van der Waals surface area contributed by atoms with Crippen molar-refractivity contribution in [1.82, 2.24) is 4.98 Å². The van der Waals surface area contributed by atoms with Crippen LogP contribution in [0.25, 0.3) is 10.9 Å². The van der Waals surface area contributed by atoms with Gasteiger partial charge in [-0.15, -0.1) is 0 Å². The summed E-state index contributed by atoms with van der Waals surface area (Å²) in [4.78, 5) is 19.1. The van der Waals surface area contributed by atoms with Crippen LogP contribution in [0, 0.1) is 5.92 Å². The molecule has 3 heterocycles. The molecule has 1 aromatic carbocycles. The number of anilines is 2. The number of carbonyl (C=O) groups is 1. The average Bonchev–Trinajstić information content (AvgIpc) is 2.46. The van der Waals surface area contributed by atoms with Crippen molar-refractivity contribution in [2.45, 2.75) is 25.8 Å². The lowest BCUT2D eigenvalue weighted by atomic mass is 9.87. The summed E-state index contributed by atoms with van der Waals surface area (Å²) in [5.41, 5.74) is 2.98. The molecule has 1 saturated heterocycles. The number of benzene rings is 1. The largest absolute Gasteiger partial charge is 0.357 e. The number of aromatic nitrogens is 1. The first-order chi connectivity index (χ1) is 9.75. The van der Waals surface area contributed by atoms with Crippen LogP contribution in [0.15, 0.2) is 30.5 Å². The molecule has 4 rings (SSSR count). The fourth-order valence-electron chi connectivity index (χ4n) is 3.57. The molecule has 2 aliphatic rings. The smallest absolute Gasteiger partial charge is 0.247 e. The van der Waals surface area contributed by atoms with Gasteiger partial charge in [-0.25, -0.2) is 0 Å². The van der Waals surface area contributed by atoms with Gasteiger partial charge in [-0.3, -0.25) is 9.78 Å². The summed E-state index contributed by atoms with van der Waals surface area (Å²) in [5.74, 6) is 0.505. The first-order valence-corrected chi connectivity index (χ1v) is 7.21. The van der Waals surface area contributed by atoms with E-state index in [2.05, 4.69) is 28.2 Å². The van der Waals surface area contributed by atoms with E-state index in [1.54, 1.807) is 6.20 Å². The van der Waals surface area contributed by atoms with E-state index in [1.807, 2.05) is 18.2 Å². The number of pyridine rings is 1. The minimum absolute atomic E-state index is 0.0398. The molecule has 1 N–H and O–H groups in total. The second-order valence-corrected chi connectivity index (χ2v) is 5.78. The van der Waals surface area contributed by atoms with Crippen LogP contribution in [0.5, 0.6) is 0 Å². The Bertz CT molecular complexity index is 697. The normalized spacial score (nSPS) is 25.1. The Labute approximate surface area is 117 Å². The Hall–Kier alpha value is -2.10. The van der Waals surface area contributed by atoms with Crippen LogP contribution in [0.3, 0.4) is 0 Å². The third kappa shape index (κ3) is 1.54. The van der Waals surface area contributed by atoms with Crippen molar-refractivity contribution in [3.63, 3.8) is 0 Å². The monoisotopic (exact) mass is 267 g/mol. The number of piperidine rings is 1. The molecule has 0 spiro atoms. The number of rotatable bonds is 0. The van der Waals surface area contributed by atoms with Crippen molar-refractivity contribution in [3.8, 4) is 0 Å². The molecule has 0 radical (unpaired) electrons. The van der Waals surface area contributed by atoms with Crippen LogP contribution in [0.4, 0.5) is 11.4 Å². The molecule has 4 heteroatoms. The van der Waals surface area contributed by atoms with Crippen molar-refractivity contribution >= 4 is 28.2 Å². The van der Waals surface area contributed by atoms with Gasteiger partial charge in [0.2, 0.25) is 5.91 Å². The van der Waals surface area contributed by atoms with E-state index in [4.69, 9.17) is 0 Å². The van der Waals surface area contributed by atoms with Crippen molar-refractivity contribution in [1.29, 1.82) is 0 Å². The van der Waals surface area contributed by atoms with Crippen LogP contribution in [0.2, 0.25) is 0 Å². The lowest BCUT2D eigenvalue weighted by Crippen LogP contribution is -2.54. The van der Waals surface area contributed by atoms with Gasteiger partial charge in [0.25, 0.3) is 0 Å². The number of hydrogen-bond acceptors (Lipinski definition) is 3. The molecule has 1 amide bonds. The average molecular weight is 267 g/mol. The number of fused-ring (bicyclic) bond motifs is 5. The molecule has 20 heavy (non-hydrogen) atoms. The predicted molar refractivity (Wildman–Crippen MR) is 79.9 cm³/mol. The third-order valence-corrected chi connectivity index (χ3v) is 4.49. The molecule has 2 unspecified atom stereocenters. The zero-order chi connectivity index (χ0) is 13.7. The van der Waals surface area contributed by atoms with Crippen molar-refractivity contribution in [2.24, 2.45) is 5.92 Å². The van der Waals surface area contributed by atoms with Crippen LogP contribution >= 0.6 is 0 Å². The number of amides is 1. The standard InChI is InChI=1S/C16H17N3O/c1-10-5-4-8-19-14(10)16(20)18-13-9-17-12-7-3-2-6-11(12)15(13)19/h2-3,6-7,9-10,14H,4-5,8H2,1H3,(H,18,20). The summed E-state index contributed by atoms with van der Waals surface area (Å²) < 4.78 is 0. The number of carbonyl (C=O) groups excluding carboxylic acids is 1. The van der Waals surface area contributed by atoms with E-state index < -0.39 is 0 Å². The molecule has 2 aromatic rings. The first kappa shape index (κ1) is 11.7. The van der Waals surface area contributed by atoms with Crippen LogP contribution in [-0.4, -0.2) is 23.5 Å². The second kappa shape index (κ2) is 4.20. The van der Waals surface area contributed by atoms with Gasteiger partial charge in [0.15, 0.2) is 0 Å². The van der Waals surface area contributed by atoms with Gasteiger partial charge in [-0.2, -0.15) is 0 Å². The highest BCUT2D eigenvalue weighted by atomic mass is 16.2. The van der Waals surface area contributed by atoms with E-state index >= 15 is 0 Å². The zero-order valence-corrected chi connectivity index (χ0v) is 11.5. The predicted octanol–water partition coefficient (Wildman–Crippen LogP) is 2.79. The summed E-state index contributed by atoms with van der Waals surface area (Å²) in [6.07, 6.45) is 4.04. The highest BCUT2D eigenvalue weighted by Crippen LogP contribution is 2.41. The van der Waals surface area contributed by atoms with Gasteiger partial charge in [0.1, 0.15) is 6.04 Å². The van der Waals surface area contributed by atoms with Gasteiger partial charge in [-0.1, -0.05) is 25.1 Å². The fraction of sp³-hybridized carbons (Fsp3) is 0.375. The fourth-order valence-corrected chi connectivity index (χ4v) is 3.57. The highest BCUT2D eigenvalue weighted by Gasteiger charge is 2.39. The van der Waals surface area contributed by atoms with Gasteiger partial charge >= 0.3 is 0 Å². The Morgan fingerprint density at radius 2 is 2.20 bits per heavy atom. The summed E-state index contributed by atoms with van der Waals surface area (Å²) in [6.45, 7) is 3.12. The molecule has 0 bridgehead atoms. The van der Waals surface area contributed by atoms with Crippen LogP contribution < -0.4 is 10.2 Å². The van der Waals surface area contributed by atoms with E-state index in [9.17, 15) is 4.79 Å². The molecule has 0 saturated carbocycles. The maximum Gasteiger partial charge on any atom is 0.247 e. The van der Waals surface area contributed by atoms with Gasteiger partial charge in [0, 0.05) is 11.9 Å². The van der Waals surface area contributed by atoms with Gasteiger partial charge in [0.05, 0.1) is 23.1 Å². The van der Waals surface area contributed by atoms with E-state index in [1.165, 1.54) is 0 Å². The molecule has 4 nitrogen and oxygen atoms in total. The molecule has 1 aromatic heterocycles. The molecular weight excluding hydrogens is 250 g/mol. The molecular formula is C16H17N3O. The van der Waals surface area contributed by atoms with Crippen molar-refractivity contribution < 1.29 is 4.79 Å². The molecule has 0 aliphatic carbocycles. The molecule has 2 aliphatic heterocycles. The first-order valence-electron chi connectivity index (χ1n) is 7.21. The van der Waals surface area contributed by atoms with E-state index in [-0.39, 0.29) is 11.9 Å². The number of para-hydroxylation sites is 1. The number of nitrogens with zero attached hydrogens (tertiary/aromatic N) is 2. The Kier molecular flexibility index (Phi) is 2.46. The van der Waals surface area contributed by atoms with E-state index in [0.29, 0.717) is 5.92 Å². The summed E-state index contributed by atoms with van der Waals surface area (Å²) >= 11 is 0. The molecule has 102 valence electrons. The van der Waals surface area contributed by atoms with Gasteiger partial charge < -0.3 is 10.2 Å². The van der Waals surface area contributed by atoms with Crippen molar-refractivity contribution in [3.05, 3.63) is 30.5 Å². The number of nitrogens with one attached hydrogen (secondary N) is 1. The summed E-state index contributed by atoms with van der Waals surface area (Å²) in [6, 6.07) is 8.11. The quantitative estimate of drug-likeness (QED) is 0.798. The topological polar surface area (TPSA) is 45.2 Å². The Morgan fingerprint density at radius 1 is 1.35 bits per heavy atom.